The van der Waals surface area contributed by atoms with E-state index in [0.29, 0.717) is 0 Å². The summed E-state index contributed by atoms with van der Waals surface area (Å²) in [4.78, 5) is 6.15. The van der Waals surface area contributed by atoms with Crippen LogP contribution in [-0.4, -0.2) is 11.5 Å². The lowest BCUT2D eigenvalue weighted by Gasteiger charge is -2.28. The molecule has 16 heavy (non-hydrogen) atoms. The zero-order chi connectivity index (χ0) is 11.6. The third kappa shape index (κ3) is 2.16. The highest BCUT2D eigenvalue weighted by Crippen LogP contribution is 2.41. The lowest BCUT2D eigenvalue weighted by molar-refractivity contribution is 0.340. The van der Waals surface area contributed by atoms with Gasteiger partial charge in [-0.1, -0.05) is 19.8 Å². The molecule has 0 aliphatic heterocycles. The molecule has 0 bridgehead atoms. The van der Waals surface area contributed by atoms with Gasteiger partial charge in [-0.2, -0.15) is 0 Å². The average molecular weight is 238 g/mol. The first-order chi connectivity index (χ1) is 7.68. The fourth-order valence-corrected chi connectivity index (χ4v) is 3.62. The molecule has 90 valence electrons. The molecule has 0 unspecified atom stereocenters. The smallest absolute Gasteiger partial charge is 0.113 e. The van der Waals surface area contributed by atoms with Crippen molar-refractivity contribution in [2.45, 2.75) is 58.4 Å². The van der Waals surface area contributed by atoms with E-state index in [9.17, 15) is 0 Å². The summed E-state index contributed by atoms with van der Waals surface area (Å²) in [7, 11) is 0. The minimum atomic E-state index is 0.208. The molecule has 1 aliphatic carbocycles. The first-order valence-electron chi connectivity index (χ1n) is 6.37. The van der Waals surface area contributed by atoms with Gasteiger partial charge < -0.3 is 5.32 Å². The van der Waals surface area contributed by atoms with Crippen LogP contribution >= 0.6 is 11.3 Å². The summed E-state index contributed by atoms with van der Waals surface area (Å²) in [6.45, 7) is 7.64. The van der Waals surface area contributed by atoms with Crippen LogP contribution in [0.1, 0.15) is 54.6 Å². The third-order valence-electron chi connectivity index (χ3n) is 3.61. The first-order valence-corrected chi connectivity index (χ1v) is 7.19. The van der Waals surface area contributed by atoms with Gasteiger partial charge in [-0.25, -0.2) is 4.98 Å². The molecule has 2 rings (SSSR count). The summed E-state index contributed by atoms with van der Waals surface area (Å²) in [5.74, 6) is 0. The summed E-state index contributed by atoms with van der Waals surface area (Å²) in [5.41, 5.74) is 1.42. The molecule has 1 aliphatic rings. The van der Waals surface area contributed by atoms with Crippen LogP contribution in [0, 0.1) is 13.8 Å². The summed E-state index contributed by atoms with van der Waals surface area (Å²) in [6.07, 6.45) is 6.41. The molecule has 0 saturated heterocycles. The fraction of sp³-hybridized carbons (Fsp3) is 0.769. The number of nitrogens with zero attached hydrogens (tertiary/aromatic N) is 1. The Balaban J connectivity index is 2.24. The van der Waals surface area contributed by atoms with E-state index in [1.54, 1.807) is 0 Å². The number of rotatable bonds is 4. The highest BCUT2D eigenvalue weighted by Gasteiger charge is 2.37. The first kappa shape index (κ1) is 12.1. The Bertz CT molecular complexity index is 331. The zero-order valence-corrected chi connectivity index (χ0v) is 11.4. The number of nitrogens with one attached hydrogen (secondary N) is 1. The van der Waals surface area contributed by atoms with Crippen LogP contribution in [0.3, 0.4) is 0 Å². The molecule has 1 fully saturated rings. The third-order valence-corrected chi connectivity index (χ3v) is 4.89. The minimum absolute atomic E-state index is 0.208. The van der Waals surface area contributed by atoms with E-state index in [0.717, 1.165) is 6.54 Å². The Labute approximate surface area is 102 Å². The van der Waals surface area contributed by atoms with Crippen LogP contribution in [0.4, 0.5) is 0 Å². The van der Waals surface area contributed by atoms with Gasteiger partial charge in [0.2, 0.25) is 0 Å². The number of thiazole rings is 1. The van der Waals surface area contributed by atoms with Crippen molar-refractivity contribution in [2.75, 3.05) is 6.54 Å². The van der Waals surface area contributed by atoms with Gasteiger partial charge in [-0.05, 0) is 39.7 Å². The summed E-state index contributed by atoms with van der Waals surface area (Å²) < 4.78 is 0. The maximum absolute atomic E-state index is 4.77. The van der Waals surface area contributed by atoms with Crippen LogP contribution in [0.5, 0.6) is 0 Å². The largest absolute Gasteiger partial charge is 0.305 e. The second-order valence-electron chi connectivity index (χ2n) is 4.88. The molecule has 1 heterocycles. The van der Waals surface area contributed by atoms with E-state index in [1.165, 1.54) is 47.7 Å². The number of hydrogen-bond donors (Lipinski definition) is 1. The lowest BCUT2D eigenvalue weighted by Crippen LogP contribution is -2.40. The van der Waals surface area contributed by atoms with Gasteiger partial charge in [0.25, 0.3) is 0 Å². The average Bonchev–Trinajstić information content (AvgIpc) is 2.85. The standard InChI is InChI=1S/C13H22N2S/c1-4-9-14-13(7-5-6-8-13)12-15-10(2)11(3)16-12/h14H,4-9H2,1-3H3. The van der Waals surface area contributed by atoms with E-state index in [2.05, 4.69) is 26.1 Å². The predicted octanol–water partition coefficient (Wildman–Crippen LogP) is 3.53. The lowest BCUT2D eigenvalue weighted by atomic mass is 9.98. The van der Waals surface area contributed by atoms with Gasteiger partial charge in [0.05, 0.1) is 11.2 Å². The van der Waals surface area contributed by atoms with Gasteiger partial charge in [0.1, 0.15) is 5.01 Å². The van der Waals surface area contributed by atoms with Crippen molar-refractivity contribution in [1.82, 2.24) is 10.3 Å². The zero-order valence-electron chi connectivity index (χ0n) is 10.6. The van der Waals surface area contributed by atoms with Crippen molar-refractivity contribution in [3.05, 3.63) is 15.6 Å². The second kappa shape index (κ2) is 4.84. The Hall–Kier alpha value is -0.410. The van der Waals surface area contributed by atoms with Crippen molar-refractivity contribution in [3.8, 4) is 0 Å². The molecule has 1 N–H and O–H groups in total. The molecule has 0 atom stereocenters. The minimum Gasteiger partial charge on any atom is -0.305 e. The van der Waals surface area contributed by atoms with E-state index in [-0.39, 0.29) is 5.54 Å². The molecule has 1 saturated carbocycles. The fourth-order valence-electron chi connectivity index (χ4n) is 2.49. The highest BCUT2D eigenvalue weighted by molar-refractivity contribution is 7.11. The topological polar surface area (TPSA) is 24.9 Å². The molecule has 2 nitrogen and oxygen atoms in total. The summed E-state index contributed by atoms with van der Waals surface area (Å²) in [6, 6.07) is 0. The van der Waals surface area contributed by atoms with Crippen LogP contribution in [0.2, 0.25) is 0 Å². The van der Waals surface area contributed by atoms with Crippen molar-refractivity contribution in [1.29, 1.82) is 0 Å². The molecule has 3 heteroatoms. The Morgan fingerprint density at radius 2 is 2.00 bits per heavy atom. The molecule has 1 aromatic heterocycles. The highest BCUT2D eigenvalue weighted by atomic mass is 32.1. The molecule has 1 aromatic rings. The SMILES string of the molecule is CCCNC1(c2nc(C)c(C)s2)CCCC1. The second-order valence-corrected chi connectivity index (χ2v) is 6.08. The maximum Gasteiger partial charge on any atom is 0.113 e. The van der Waals surface area contributed by atoms with Crippen molar-refractivity contribution in [3.63, 3.8) is 0 Å². The maximum atomic E-state index is 4.77. The van der Waals surface area contributed by atoms with Crippen LogP contribution in [-0.2, 0) is 5.54 Å². The van der Waals surface area contributed by atoms with Crippen molar-refractivity contribution < 1.29 is 0 Å². The number of aromatic nitrogens is 1. The van der Waals surface area contributed by atoms with E-state index in [4.69, 9.17) is 4.98 Å². The van der Waals surface area contributed by atoms with Gasteiger partial charge in [0, 0.05) is 4.88 Å². The van der Waals surface area contributed by atoms with Crippen LogP contribution in [0.15, 0.2) is 0 Å². The van der Waals surface area contributed by atoms with Crippen molar-refractivity contribution in [2.24, 2.45) is 0 Å². The number of hydrogen-bond acceptors (Lipinski definition) is 3. The van der Waals surface area contributed by atoms with Crippen molar-refractivity contribution >= 4 is 11.3 Å². The van der Waals surface area contributed by atoms with Gasteiger partial charge >= 0.3 is 0 Å². The monoisotopic (exact) mass is 238 g/mol. The Morgan fingerprint density at radius 3 is 2.50 bits per heavy atom. The predicted molar refractivity (Wildman–Crippen MR) is 70.0 cm³/mol. The quantitative estimate of drug-likeness (QED) is 0.868. The molecule has 0 spiro atoms. The normalized spacial score (nSPS) is 19.2. The van der Waals surface area contributed by atoms with Gasteiger partial charge in [-0.15, -0.1) is 11.3 Å². The molecular weight excluding hydrogens is 216 g/mol. The molecule has 0 radical (unpaired) electrons. The van der Waals surface area contributed by atoms with Crippen LogP contribution in [0.25, 0.3) is 0 Å². The van der Waals surface area contributed by atoms with E-state index in [1.807, 2.05) is 11.3 Å². The summed E-state index contributed by atoms with van der Waals surface area (Å²) in [5, 5.41) is 5.08. The molecule has 0 aromatic carbocycles. The number of aryl methyl sites for hydroxylation is 2. The Kier molecular flexibility index (Phi) is 3.65. The van der Waals surface area contributed by atoms with Gasteiger partial charge in [0.15, 0.2) is 0 Å². The van der Waals surface area contributed by atoms with E-state index < -0.39 is 0 Å². The Morgan fingerprint density at radius 1 is 1.31 bits per heavy atom. The molecular formula is C13H22N2S. The molecule has 0 amide bonds. The van der Waals surface area contributed by atoms with Crippen LogP contribution < -0.4 is 5.32 Å². The summed E-state index contributed by atoms with van der Waals surface area (Å²) >= 11 is 1.89. The van der Waals surface area contributed by atoms with E-state index >= 15 is 0 Å². The van der Waals surface area contributed by atoms with Gasteiger partial charge in [-0.3, -0.25) is 0 Å².